The van der Waals surface area contributed by atoms with E-state index in [4.69, 9.17) is 5.73 Å². The molecule has 6 heteroatoms. The third-order valence-corrected chi connectivity index (χ3v) is 2.55. The molecule has 17 heavy (non-hydrogen) atoms. The zero-order valence-electron chi connectivity index (χ0n) is 8.88. The highest BCUT2D eigenvalue weighted by molar-refractivity contribution is 5.94. The zero-order chi connectivity index (χ0) is 12.8. The highest BCUT2D eigenvalue weighted by Crippen LogP contribution is 2.34. The van der Waals surface area contributed by atoms with Gasteiger partial charge in [0.1, 0.15) is 0 Å². The highest BCUT2D eigenvalue weighted by Gasteiger charge is 2.33. The largest absolute Gasteiger partial charge is 0.418 e. The Morgan fingerprint density at radius 3 is 2.53 bits per heavy atom. The lowest BCUT2D eigenvalue weighted by Crippen LogP contribution is -2.21. The van der Waals surface area contributed by atoms with E-state index in [9.17, 15) is 18.0 Å². The van der Waals surface area contributed by atoms with Gasteiger partial charge < -0.3 is 10.3 Å². The minimum Gasteiger partial charge on any atom is -0.398 e. The van der Waals surface area contributed by atoms with Gasteiger partial charge in [-0.25, -0.2) is 0 Å². The molecular weight excluding hydrogens is 233 g/mol. The fourth-order valence-corrected chi connectivity index (χ4v) is 1.76. The van der Waals surface area contributed by atoms with Crippen molar-refractivity contribution in [2.24, 2.45) is 7.05 Å². The molecule has 1 aromatic carbocycles. The molecule has 0 amide bonds. The van der Waals surface area contributed by atoms with Crippen molar-refractivity contribution in [1.82, 2.24) is 4.57 Å². The van der Waals surface area contributed by atoms with Crippen molar-refractivity contribution in [3.05, 3.63) is 40.3 Å². The summed E-state index contributed by atoms with van der Waals surface area (Å²) in [6, 6.07) is 4.05. The summed E-state index contributed by atoms with van der Waals surface area (Å²) >= 11 is 0. The van der Waals surface area contributed by atoms with Gasteiger partial charge in [-0.2, -0.15) is 13.2 Å². The molecule has 0 spiro atoms. The van der Waals surface area contributed by atoms with E-state index in [1.165, 1.54) is 25.2 Å². The predicted octanol–water partition coefficient (Wildman–Crippen LogP) is 2.14. The number of alkyl halides is 3. The van der Waals surface area contributed by atoms with Crippen LogP contribution in [-0.2, 0) is 13.2 Å². The quantitative estimate of drug-likeness (QED) is 0.719. The number of aryl methyl sites for hydroxylation is 1. The Labute approximate surface area is 94.3 Å². The Hall–Kier alpha value is -1.98. The molecule has 0 aliphatic carbocycles. The first-order valence-electron chi connectivity index (χ1n) is 4.77. The van der Waals surface area contributed by atoms with Crippen LogP contribution in [0.2, 0.25) is 0 Å². The number of hydrogen-bond donors (Lipinski definition) is 1. The normalized spacial score (nSPS) is 12.0. The van der Waals surface area contributed by atoms with Gasteiger partial charge in [-0.3, -0.25) is 4.79 Å². The monoisotopic (exact) mass is 242 g/mol. The number of benzene rings is 1. The average molecular weight is 242 g/mol. The maximum Gasteiger partial charge on any atom is 0.418 e. The summed E-state index contributed by atoms with van der Waals surface area (Å²) in [4.78, 5) is 11.7. The molecule has 0 unspecified atom stereocenters. The van der Waals surface area contributed by atoms with Gasteiger partial charge in [-0.15, -0.1) is 0 Å². The Morgan fingerprint density at radius 1 is 1.29 bits per heavy atom. The number of anilines is 1. The molecule has 0 aliphatic heterocycles. The summed E-state index contributed by atoms with van der Waals surface area (Å²) in [7, 11) is 1.27. The molecule has 1 heterocycles. The van der Waals surface area contributed by atoms with E-state index in [0.717, 1.165) is 10.8 Å². The molecule has 0 bridgehead atoms. The second-order valence-corrected chi connectivity index (χ2v) is 3.73. The van der Waals surface area contributed by atoms with Crippen molar-refractivity contribution in [1.29, 1.82) is 0 Å². The highest BCUT2D eigenvalue weighted by atomic mass is 19.4. The van der Waals surface area contributed by atoms with Gasteiger partial charge >= 0.3 is 6.18 Å². The molecule has 2 aromatic rings. The number of nitrogens with zero attached hydrogens (tertiary/aromatic N) is 1. The van der Waals surface area contributed by atoms with E-state index in [-0.39, 0.29) is 16.5 Å². The van der Waals surface area contributed by atoms with Gasteiger partial charge in [0.2, 0.25) is 0 Å². The van der Waals surface area contributed by atoms with Crippen LogP contribution in [0.1, 0.15) is 5.56 Å². The van der Waals surface area contributed by atoms with Gasteiger partial charge in [0.05, 0.1) is 10.9 Å². The number of fused-ring (bicyclic) bond motifs is 1. The second kappa shape index (κ2) is 3.51. The molecule has 0 saturated heterocycles. The van der Waals surface area contributed by atoms with Gasteiger partial charge in [0.15, 0.2) is 0 Å². The lowest BCUT2D eigenvalue weighted by molar-refractivity contribution is -0.136. The van der Waals surface area contributed by atoms with Gasteiger partial charge in [-0.05, 0) is 6.07 Å². The van der Waals surface area contributed by atoms with Gasteiger partial charge in [-0.1, -0.05) is 12.1 Å². The van der Waals surface area contributed by atoms with Crippen LogP contribution >= 0.6 is 0 Å². The lowest BCUT2D eigenvalue weighted by atomic mass is 10.1. The standard InChI is InChI=1S/C11H9F3N2O/c1-16-5-7(11(12,13)14)6-3-2-4-8(15)9(6)10(16)17/h2-5H,15H2,1H3. The third kappa shape index (κ3) is 1.75. The smallest absolute Gasteiger partial charge is 0.398 e. The first-order valence-corrected chi connectivity index (χ1v) is 4.77. The van der Waals surface area contributed by atoms with Gasteiger partial charge in [0, 0.05) is 24.3 Å². The Morgan fingerprint density at radius 2 is 1.94 bits per heavy atom. The molecular formula is C11H9F3N2O. The van der Waals surface area contributed by atoms with Crippen LogP contribution in [0.5, 0.6) is 0 Å². The van der Waals surface area contributed by atoms with E-state index in [2.05, 4.69) is 0 Å². The van der Waals surface area contributed by atoms with Crippen molar-refractivity contribution in [2.75, 3.05) is 5.73 Å². The lowest BCUT2D eigenvalue weighted by Gasteiger charge is -2.13. The molecule has 0 atom stereocenters. The maximum absolute atomic E-state index is 12.8. The number of halogens is 3. The fraction of sp³-hybridized carbons (Fsp3) is 0.182. The number of nitrogen functional groups attached to an aromatic ring is 1. The van der Waals surface area contributed by atoms with E-state index < -0.39 is 17.3 Å². The van der Waals surface area contributed by atoms with Crippen molar-refractivity contribution in [3.8, 4) is 0 Å². The Balaban J connectivity index is 3.03. The molecule has 1 aromatic heterocycles. The fourth-order valence-electron chi connectivity index (χ4n) is 1.76. The van der Waals surface area contributed by atoms with Crippen LogP contribution in [0.25, 0.3) is 10.8 Å². The van der Waals surface area contributed by atoms with Crippen LogP contribution in [-0.4, -0.2) is 4.57 Å². The van der Waals surface area contributed by atoms with Crippen LogP contribution in [0, 0.1) is 0 Å². The Bertz CT molecular complexity index is 643. The van der Waals surface area contributed by atoms with Crippen LogP contribution < -0.4 is 11.3 Å². The summed E-state index contributed by atoms with van der Waals surface area (Å²) in [5.74, 6) is 0. The molecule has 3 nitrogen and oxygen atoms in total. The summed E-state index contributed by atoms with van der Waals surface area (Å²) in [5, 5.41) is -0.259. The van der Waals surface area contributed by atoms with Gasteiger partial charge in [0.25, 0.3) is 5.56 Å². The minimum atomic E-state index is -4.52. The SMILES string of the molecule is Cn1cc(C(F)(F)F)c2cccc(N)c2c1=O. The van der Waals surface area contributed by atoms with Crippen LogP contribution in [0.4, 0.5) is 18.9 Å². The number of nitrogens with two attached hydrogens (primary N) is 1. The third-order valence-electron chi connectivity index (χ3n) is 2.55. The van der Waals surface area contributed by atoms with E-state index in [1.807, 2.05) is 0 Å². The number of rotatable bonds is 0. The summed E-state index contributed by atoms with van der Waals surface area (Å²) in [5.41, 5.74) is 4.21. The van der Waals surface area contributed by atoms with Crippen molar-refractivity contribution < 1.29 is 13.2 Å². The number of pyridine rings is 1. The first-order chi connectivity index (χ1) is 7.82. The Kier molecular flexibility index (Phi) is 2.38. The van der Waals surface area contributed by atoms with Crippen LogP contribution in [0.3, 0.4) is 0 Å². The molecule has 0 fully saturated rings. The molecule has 0 radical (unpaired) electrons. The van der Waals surface area contributed by atoms with Crippen molar-refractivity contribution in [2.45, 2.75) is 6.18 Å². The number of hydrogen-bond acceptors (Lipinski definition) is 2. The first kappa shape index (κ1) is 11.5. The number of aromatic nitrogens is 1. The van der Waals surface area contributed by atoms with Crippen molar-refractivity contribution >= 4 is 16.5 Å². The van der Waals surface area contributed by atoms with Crippen LogP contribution in [0.15, 0.2) is 29.2 Å². The summed E-state index contributed by atoms with van der Waals surface area (Å²) < 4.78 is 39.3. The maximum atomic E-state index is 12.8. The van der Waals surface area contributed by atoms with E-state index in [1.54, 1.807) is 0 Å². The van der Waals surface area contributed by atoms with E-state index >= 15 is 0 Å². The summed E-state index contributed by atoms with van der Waals surface area (Å²) in [6.07, 6.45) is -3.73. The zero-order valence-corrected chi connectivity index (χ0v) is 8.88. The molecule has 2 N–H and O–H groups in total. The van der Waals surface area contributed by atoms with E-state index in [0.29, 0.717) is 0 Å². The molecule has 0 aliphatic rings. The molecule has 2 rings (SSSR count). The molecule has 90 valence electrons. The van der Waals surface area contributed by atoms with Crippen molar-refractivity contribution in [3.63, 3.8) is 0 Å². The average Bonchev–Trinajstić information content (AvgIpc) is 2.21. The minimum absolute atomic E-state index is 0.0502. The topological polar surface area (TPSA) is 48.0 Å². The molecule has 0 saturated carbocycles. The second-order valence-electron chi connectivity index (χ2n) is 3.73. The predicted molar refractivity (Wildman–Crippen MR) is 58.6 cm³/mol. The summed E-state index contributed by atoms with van der Waals surface area (Å²) in [6.45, 7) is 0.